The van der Waals surface area contributed by atoms with Crippen molar-refractivity contribution in [3.05, 3.63) is 52.1 Å². The largest absolute Gasteiger partial charge is 0.437 e. The number of halogens is 1. The van der Waals surface area contributed by atoms with Gasteiger partial charge < -0.3 is 10.1 Å². The number of rotatable bonds is 5. The second-order valence-corrected chi connectivity index (χ2v) is 7.45. The Balaban J connectivity index is 1.72. The van der Waals surface area contributed by atoms with Crippen LogP contribution in [0.25, 0.3) is 16.3 Å². The van der Waals surface area contributed by atoms with Crippen molar-refractivity contribution in [1.29, 1.82) is 0 Å². The number of nitrogens with one attached hydrogen (secondary N) is 1. The van der Waals surface area contributed by atoms with E-state index in [-0.39, 0.29) is 11.9 Å². The maximum absolute atomic E-state index is 11.0. The lowest BCUT2D eigenvalue weighted by atomic mass is 10.2. The highest BCUT2D eigenvalue weighted by Crippen LogP contribution is 2.36. The van der Waals surface area contributed by atoms with E-state index in [0.717, 1.165) is 20.8 Å². The Bertz CT molecular complexity index is 967. The first-order chi connectivity index (χ1) is 12.4. The van der Waals surface area contributed by atoms with Gasteiger partial charge in [0.1, 0.15) is 16.3 Å². The molecule has 2 heterocycles. The van der Waals surface area contributed by atoms with Crippen LogP contribution >= 0.6 is 22.9 Å². The molecule has 0 spiro atoms. The summed E-state index contributed by atoms with van der Waals surface area (Å²) in [5.41, 5.74) is 1.66. The van der Waals surface area contributed by atoms with Crippen LogP contribution in [0, 0.1) is 6.92 Å². The van der Waals surface area contributed by atoms with Gasteiger partial charge in [-0.3, -0.25) is 4.79 Å². The number of amides is 1. The maximum Gasteiger partial charge on any atom is 0.219 e. The molecule has 1 atom stereocenters. The predicted molar refractivity (Wildman–Crippen MR) is 106 cm³/mol. The van der Waals surface area contributed by atoms with Crippen molar-refractivity contribution >= 4 is 45.1 Å². The lowest BCUT2D eigenvalue weighted by molar-refractivity contribution is -0.119. The van der Waals surface area contributed by atoms with Crippen molar-refractivity contribution in [2.24, 2.45) is 0 Å². The number of aryl methyl sites for hydroxylation is 1. The summed E-state index contributed by atoms with van der Waals surface area (Å²) >= 11 is 8.00. The number of benzene rings is 1. The molecule has 7 heteroatoms. The number of carbonyl (C=O) groups is 1. The number of fused-ring (bicyclic) bond motifs is 1. The minimum absolute atomic E-state index is 0.0458. The SMILES string of the molecule is CC(=O)N[C@@H](C)/C=C/c1ccc(Oc2ccc3sc(C)nc3c2Cl)nc1. The highest BCUT2D eigenvalue weighted by molar-refractivity contribution is 7.18. The molecule has 0 saturated heterocycles. The number of nitrogens with zero attached hydrogens (tertiary/aromatic N) is 2. The maximum atomic E-state index is 11.0. The Hall–Kier alpha value is -2.44. The van der Waals surface area contributed by atoms with Gasteiger partial charge in [0.05, 0.1) is 9.71 Å². The molecule has 3 aromatic rings. The number of hydrogen-bond acceptors (Lipinski definition) is 5. The molecular weight excluding hydrogens is 370 g/mol. The Kier molecular flexibility index (Phi) is 5.54. The van der Waals surface area contributed by atoms with Crippen LogP contribution in [0.3, 0.4) is 0 Å². The van der Waals surface area contributed by atoms with Crippen molar-refractivity contribution in [2.45, 2.75) is 26.8 Å². The summed E-state index contributed by atoms with van der Waals surface area (Å²) in [6.45, 7) is 5.34. The van der Waals surface area contributed by atoms with Crippen LogP contribution in [0.1, 0.15) is 24.4 Å². The van der Waals surface area contributed by atoms with Crippen LogP contribution in [0.4, 0.5) is 0 Å². The quantitative estimate of drug-likeness (QED) is 0.670. The number of carbonyl (C=O) groups excluding carboxylic acids is 1. The molecule has 1 N–H and O–H groups in total. The van der Waals surface area contributed by atoms with Gasteiger partial charge in [-0.25, -0.2) is 9.97 Å². The molecule has 0 aliphatic rings. The Labute approximate surface area is 160 Å². The fourth-order valence-electron chi connectivity index (χ4n) is 2.42. The van der Waals surface area contributed by atoms with Gasteiger partial charge in [0.2, 0.25) is 11.8 Å². The molecule has 1 amide bonds. The normalized spacial score (nSPS) is 12.5. The van der Waals surface area contributed by atoms with Crippen molar-refractivity contribution in [2.75, 3.05) is 0 Å². The second kappa shape index (κ2) is 7.85. The Morgan fingerprint density at radius 3 is 2.85 bits per heavy atom. The summed E-state index contributed by atoms with van der Waals surface area (Å²) in [7, 11) is 0. The Morgan fingerprint density at radius 1 is 1.35 bits per heavy atom. The number of aromatic nitrogens is 2. The molecule has 0 radical (unpaired) electrons. The zero-order valence-electron chi connectivity index (χ0n) is 14.6. The van der Waals surface area contributed by atoms with Gasteiger partial charge in [0, 0.05) is 25.2 Å². The van der Waals surface area contributed by atoms with E-state index in [1.54, 1.807) is 23.6 Å². The van der Waals surface area contributed by atoms with E-state index in [0.29, 0.717) is 16.7 Å². The summed E-state index contributed by atoms with van der Waals surface area (Å²) in [5.74, 6) is 0.915. The zero-order chi connectivity index (χ0) is 18.7. The van der Waals surface area contributed by atoms with Crippen LogP contribution in [0.2, 0.25) is 5.02 Å². The number of pyridine rings is 1. The number of thiazole rings is 1. The fraction of sp³-hybridized carbons (Fsp3) is 0.211. The van der Waals surface area contributed by atoms with Gasteiger partial charge in [-0.05, 0) is 37.6 Å². The minimum Gasteiger partial charge on any atom is -0.437 e. The monoisotopic (exact) mass is 387 g/mol. The lowest BCUT2D eigenvalue weighted by Gasteiger charge is -2.08. The molecule has 0 aliphatic carbocycles. The minimum atomic E-state index is -0.0619. The molecule has 2 aromatic heterocycles. The van der Waals surface area contributed by atoms with Crippen molar-refractivity contribution in [3.8, 4) is 11.6 Å². The summed E-state index contributed by atoms with van der Waals surface area (Å²) in [6.07, 6.45) is 5.49. The molecular formula is C19H18ClN3O2S. The van der Waals surface area contributed by atoms with E-state index in [9.17, 15) is 4.79 Å². The highest BCUT2D eigenvalue weighted by Gasteiger charge is 2.11. The third-order valence-electron chi connectivity index (χ3n) is 3.55. The topological polar surface area (TPSA) is 64.1 Å². The first kappa shape index (κ1) is 18.4. The van der Waals surface area contributed by atoms with E-state index in [1.807, 2.05) is 44.2 Å². The molecule has 0 fully saturated rings. The van der Waals surface area contributed by atoms with Crippen LogP contribution in [0.15, 0.2) is 36.5 Å². The summed E-state index contributed by atoms with van der Waals surface area (Å²) < 4.78 is 6.83. The molecule has 3 rings (SSSR count). The van der Waals surface area contributed by atoms with Crippen LogP contribution in [0.5, 0.6) is 11.6 Å². The number of hydrogen-bond donors (Lipinski definition) is 1. The van der Waals surface area contributed by atoms with E-state index in [2.05, 4.69) is 15.3 Å². The van der Waals surface area contributed by atoms with E-state index >= 15 is 0 Å². The standard InChI is InChI=1S/C19H18ClN3O2S/c1-11(22-12(2)24)4-5-14-6-9-17(21-10-14)25-15-7-8-16-19(18(15)20)23-13(3)26-16/h4-11H,1-3H3,(H,22,24)/b5-4+/t11-/m0/s1. The lowest BCUT2D eigenvalue weighted by Crippen LogP contribution is -2.28. The van der Waals surface area contributed by atoms with E-state index in [1.165, 1.54) is 6.92 Å². The molecule has 0 bridgehead atoms. The highest BCUT2D eigenvalue weighted by atomic mass is 35.5. The molecule has 5 nitrogen and oxygen atoms in total. The second-order valence-electron chi connectivity index (χ2n) is 5.84. The smallest absolute Gasteiger partial charge is 0.219 e. The van der Waals surface area contributed by atoms with Gasteiger partial charge in [0.25, 0.3) is 0 Å². The van der Waals surface area contributed by atoms with Gasteiger partial charge in [-0.15, -0.1) is 11.3 Å². The zero-order valence-corrected chi connectivity index (χ0v) is 16.2. The van der Waals surface area contributed by atoms with Crippen molar-refractivity contribution < 1.29 is 9.53 Å². The van der Waals surface area contributed by atoms with E-state index < -0.39 is 0 Å². The average molecular weight is 388 g/mol. The molecule has 134 valence electrons. The van der Waals surface area contributed by atoms with Gasteiger partial charge in [0.15, 0.2) is 0 Å². The van der Waals surface area contributed by atoms with Gasteiger partial charge in [-0.1, -0.05) is 23.8 Å². The van der Waals surface area contributed by atoms with Crippen LogP contribution in [-0.2, 0) is 4.79 Å². The van der Waals surface area contributed by atoms with Crippen LogP contribution in [-0.4, -0.2) is 21.9 Å². The van der Waals surface area contributed by atoms with Gasteiger partial charge in [-0.2, -0.15) is 0 Å². The molecule has 1 aromatic carbocycles. The predicted octanol–water partition coefficient (Wildman–Crippen LogP) is 4.98. The summed E-state index contributed by atoms with van der Waals surface area (Å²) in [6, 6.07) is 7.39. The first-order valence-electron chi connectivity index (χ1n) is 8.07. The van der Waals surface area contributed by atoms with Crippen molar-refractivity contribution in [3.63, 3.8) is 0 Å². The average Bonchev–Trinajstić information content (AvgIpc) is 2.97. The fourth-order valence-corrected chi connectivity index (χ4v) is 3.56. The number of ether oxygens (including phenoxy) is 1. The third-order valence-corrected chi connectivity index (χ3v) is 4.85. The third kappa shape index (κ3) is 4.39. The van der Waals surface area contributed by atoms with Crippen LogP contribution < -0.4 is 10.1 Å². The molecule has 0 saturated carbocycles. The molecule has 0 aliphatic heterocycles. The first-order valence-corrected chi connectivity index (χ1v) is 9.26. The van der Waals surface area contributed by atoms with Gasteiger partial charge >= 0.3 is 0 Å². The summed E-state index contributed by atoms with van der Waals surface area (Å²) in [5, 5.41) is 4.24. The molecule has 26 heavy (non-hydrogen) atoms. The van der Waals surface area contributed by atoms with E-state index in [4.69, 9.17) is 16.3 Å². The summed E-state index contributed by atoms with van der Waals surface area (Å²) in [4.78, 5) is 19.7. The Morgan fingerprint density at radius 2 is 2.15 bits per heavy atom. The van der Waals surface area contributed by atoms with Crippen molar-refractivity contribution in [1.82, 2.24) is 15.3 Å². The molecule has 0 unspecified atom stereocenters.